The first kappa shape index (κ1) is 14.4. The standard InChI is InChI=1S/C13H18O6/c14-6-9-10(15)11(16)12(17)13(19-9)18-7-8-4-2-1-3-5-8/h1-5,9-17H,6-7H2/t9-,10+,11+,12+,13-/m1/s1. The maximum absolute atomic E-state index is 9.76. The molecule has 1 aliphatic heterocycles. The van der Waals surface area contributed by atoms with Crippen molar-refractivity contribution in [3.63, 3.8) is 0 Å². The van der Waals surface area contributed by atoms with Gasteiger partial charge >= 0.3 is 0 Å². The van der Waals surface area contributed by atoms with Gasteiger partial charge in [-0.05, 0) is 5.56 Å². The number of aliphatic hydroxyl groups excluding tert-OH is 4. The van der Waals surface area contributed by atoms with Gasteiger partial charge < -0.3 is 29.9 Å². The quantitative estimate of drug-likeness (QED) is 0.560. The van der Waals surface area contributed by atoms with Gasteiger partial charge in [-0.2, -0.15) is 0 Å². The van der Waals surface area contributed by atoms with Crippen molar-refractivity contribution in [1.82, 2.24) is 0 Å². The summed E-state index contributed by atoms with van der Waals surface area (Å²) in [5.41, 5.74) is 0.888. The van der Waals surface area contributed by atoms with Crippen LogP contribution in [0.25, 0.3) is 0 Å². The zero-order valence-corrected chi connectivity index (χ0v) is 10.3. The normalized spacial score (nSPS) is 35.3. The number of hydrogen-bond acceptors (Lipinski definition) is 6. The zero-order valence-electron chi connectivity index (χ0n) is 10.3. The topological polar surface area (TPSA) is 99.4 Å². The lowest BCUT2D eigenvalue weighted by atomic mass is 9.99. The van der Waals surface area contributed by atoms with E-state index in [1.807, 2.05) is 30.3 Å². The SMILES string of the molecule is OC[C@H]1O[C@@H](OCc2ccccc2)[C@@H](O)[C@@H](O)[C@H]1O. The second-order valence-corrected chi connectivity index (χ2v) is 4.49. The molecule has 0 saturated carbocycles. The molecule has 0 aromatic heterocycles. The Balaban J connectivity index is 1.95. The average Bonchev–Trinajstić information content (AvgIpc) is 2.45. The number of ether oxygens (including phenoxy) is 2. The molecule has 19 heavy (non-hydrogen) atoms. The number of aliphatic hydroxyl groups is 4. The Morgan fingerprint density at radius 3 is 2.32 bits per heavy atom. The maximum atomic E-state index is 9.76. The predicted molar refractivity (Wildman–Crippen MR) is 65.0 cm³/mol. The maximum Gasteiger partial charge on any atom is 0.187 e. The molecular weight excluding hydrogens is 252 g/mol. The number of hydrogen-bond donors (Lipinski definition) is 4. The Morgan fingerprint density at radius 2 is 1.68 bits per heavy atom. The summed E-state index contributed by atoms with van der Waals surface area (Å²) in [5, 5.41) is 38.0. The van der Waals surface area contributed by atoms with Crippen LogP contribution in [0.3, 0.4) is 0 Å². The molecule has 1 aromatic rings. The highest BCUT2D eigenvalue weighted by Gasteiger charge is 2.43. The van der Waals surface area contributed by atoms with Crippen molar-refractivity contribution in [3.8, 4) is 0 Å². The summed E-state index contributed by atoms with van der Waals surface area (Å²) >= 11 is 0. The van der Waals surface area contributed by atoms with Crippen LogP contribution in [0.5, 0.6) is 0 Å². The van der Waals surface area contributed by atoms with E-state index in [4.69, 9.17) is 14.6 Å². The average molecular weight is 270 g/mol. The molecule has 5 atom stereocenters. The molecule has 6 heteroatoms. The highest BCUT2D eigenvalue weighted by atomic mass is 16.7. The molecule has 1 fully saturated rings. The van der Waals surface area contributed by atoms with Gasteiger partial charge in [0, 0.05) is 0 Å². The van der Waals surface area contributed by atoms with Crippen LogP contribution in [0.15, 0.2) is 30.3 Å². The monoisotopic (exact) mass is 270 g/mol. The molecular formula is C13H18O6. The third kappa shape index (κ3) is 3.30. The van der Waals surface area contributed by atoms with Gasteiger partial charge in [-0.25, -0.2) is 0 Å². The molecule has 106 valence electrons. The van der Waals surface area contributed by atoms with Gasteiger partial charge in [0.2, 0.25) is 0 Å². The highest BCUT2D eigenvalue weighted by Crippen LogP contribution is 2.22. The number of benzene rings is 1. The minimum absolute atomic E-state index is 0.198. The zero-order chi connectivity index (χ0) is 13.8. The van der Waals surface area contributed by atoms with Crippen LogP contribution >= 0.6 is 0 Å². The molecule has 6 nitrogen and oxygen atoms in total. The van der Waals surface area contributed by atoms with Crippen LogP contribution in [0.2, 0.25) is 0 Å². The molecule has 0 radical (unpaired) electrons. The van der Waals surface area contributed by atoms with Crippen LogP contribution in [-0.2, 0) is 16.1 Å². The van der Waals surface area contributed by atoms with E-state index in [1.165, 1.54) is 0 Å². The van der Waals surface area contributed by atoms with E-state index in [-0.39, 0.29) is 6.61 Å². The Kier molecular flexibility index (Phi) is 4.87. The van der Waals surface area contributed by atoms with E-state index < -0.39 is 37.3 Å². The molecule has 1 aromatic carbocycles. The molecule has 0 spiro atoms. The third-order valence-corrected chi connectivity index (χ3v) is 3.11. The van der Waals surface area contributed by atoms with E-state index in [0.717, 1.165) is 5.56 Å². The first-order valence-corrected chi connectivity index (χ1v) is 6.09. The van der Waals surface area contributed by atoms with Gasteiger partial charge in [0.15, 0.2) is 6.29 Å². The molecule has 0 bridgehead atoms. The Bertz CT molecular complexity index is 382. The summed E-state index contributed by atoms with van der Waals surface area (Å²) in [7, 11) is 0. The van der Waals surface area contributed by atoms with Crippen molar-refractivity contribution in [1.29, 1.82) is 0 Å². The van der Waals surface area contributed by atoms with Crippen molar-refractivity contribution < 1.29 is 29.9 Å². The van der Waals surface area contributed by atoms with Gasteiger partial charge in [-0.3, -0.25) is 0 Å². The minimum atomic E-state index is -1.41. The molecule has 1 saturated heterocycles. The summed E-state index contributed by atoms with van der Waals surface area (Å²) in [4.78, 5) is 0. The summed E-state index contributed by atoms with van der Waals surface area (Å²) in [6, 6.07) is 9.28. The second-order valence-electron chi connectivity index (χ2n) is 4.49. The van der Waals surface area contributed by atoms with Crippen LogP contribution in [0.4, 0.5) is 0 Å². The minimum Gasteiger partial charge on any atom is -0.394 e. The fourth-order valence-corrected chi connectivity index (χ4v) is 1.96. The molecule has 0 aliphatic carbocycles. The summed E-state index contributed by atoms with van der Waals surface area (Å²) in [5.74, 6) is 0. The van der Waals surface area contributed by atoms with E-state index in [2.05, 4.69) is 0 Å². The van der Waals surface area contributed by atoms with E-state index >= 15 is 0 Å². The van der Waals surface area contributed by atoms with Crippen molar-refractivity contribution >= 4 is 0 Å². The first-order chi connectivity index (χ1) is 9.13. The fraction of sp³-hybridized carbons (Fsp3) is 0.538. The molecule has 1 heterocycles. The largest absolute Gasteiger partial charge is 0.394 e. The Labute approximate surface area is 110 Å². The van der Waals surface area contributed by atoms with Crippen LogP contribution in [0.1, 0.15) is 5.56 Å². The van der Waals surface area contributed by atoms with Gasteiger partial charge in [0.1, 0.15) is 24.4 Å². The molecule has 0 unspecified atom stereocenters. The Hall–Kier alpha value is -1.02. The summed E-state index contributed by atoms with van der Waals surface area (Å²) < 4.78 is 10.6. The number of rotatable bonds is 4. The fourth-order valence-electron chi connectivity index (χ4n) is 1.96. The van der Waals surface area contributed by atoms with Crippen LogP contribution in [0, 0.1) is 0 Å². The lowest BCUT2D eigenvalue weighted by Gasteiger charge is -2.39. The van der Waals surface area contributed by atoms with Crippen molar-refractivity contribution in [2.45, 2.75) is 37.3 Å². The van der Waals surface area contributed by atoms with Crippen LogP contribution < -0.4 is 0 Å². The van der Waals surface area contributed by atoms with Crippen molar-refractivity contribution in [3.05, 3.63) is 35.9 Å². The molecule has 4 N–H and O–H groups in total. The second kappa shape index (κ2) is 6.42. The molecule has 0 amide bonds. The van der Waals surface area contributed by atoms with E-state index in [0.29, 0.717) is 0 Å². The highest BCUT2D eigenvalue weighted by molar-refractivity contribution is 5.13. The van der Waals surface area contributed by atoms with Gasteiger partial charge in [-0.15, -0.1) is 0 Å². The lowest BCUT2D eigenvalue weighted by molar-refractivity contribution is -0.304. The Morgan fingerprint density at radius 1 is 1.00 bits per heavy atom. The first-order valence-electron chi connectivity index (χ1n) is 6.09. The van der Waals surface area contributed by atoms with E-state index in [1.54, 1.807) is 0 Å². The van der Waals surface area contributed by atoms with Gasteiger partial charge in [-0.1, -0.05) is 30.3 Å². The predicted octanol–water partition coefficient (Wildman–Crippen LogP) is -0.997. The third-order valence-electron chi connectivity index (χ3n) is 3.11. The van der Waals surface area contributed by atoms with Crippen molar-refractivity contribution in [2.24, 2.45) is 0 Å². The molecule has 2 rings (SSSR count). The molecule has 1 aliphatic rings. The van der Waals surface area contributed by atoms with Crippen molar-refractivity contribution in [2.75, 3.05) is 6.61 Å². The summed E-state index contributed by atoms with van der Waals surface area (Å²) in [6.07, 6.45) is -6.17. The van der Waals surface area contributed by atoms with Crippen LogP contribution in [-0.4, -0.2) is 57.7 Å². The summed E-state index contributed by atoms with van der Waals surface area (Å²) in [6.45, 7) is -0.264. The van der Waals surface area contributed by atoms with E-state index in [9.17, 15) is 15.3 Å². The lowest BCUT2D eigenvalue weighted by Crippen LogP contribution is -2.59. The van der Waals surface area contributed by atoms with Gasteiger partial charge in [0.05, 0.1) is 13.2 Å². The smallest absolute Gasteiger partial charge is 0.187 e. The van der Waals surface area contributed by atoms with Gasteiger partial charge in [0.25, 0.3) is 0 Å².